The number of methoxy groups -OCH3 is 2. The predicted octanol–water partition coefficient (Wildman–Crippen LogP) is 2.82. The number of anilines is 1. The molecule has 0 fully saturated rings. The molecule has 0 unspecified atom stereocenters. The van der Waals surface area contributed by atoms with E-state index in [-0.39, 0.29) is 26.6 Å². The third-order valence-electron chi connectivity index (χ3n) is 3.15. The summed E-state index contributed by atoms with van der Waals surface area (Å²) in [5.74, 6) is 0.367. The molecule has 4 N–H and O–H groups in total. The number of ether oxygens (including phenoxy) is 2. The van der Waals surface area contributed by atoms with Crippen molar-refractivity contribution in [3.63, 3.8) is 0 Å². The Kier molecular flexibility index (Phi) is 6.30. The second kappa shape index (κ2) is 8.24. The summed E-state index contributed by atoms with van der Waals surface area (Å²) < 4.78 is 10.5. The van der Waals surface area contributed by atoms with Crippen molar-refractivity contribution >= 4 is 52.6 Å². The molecule has 2 aromatic rings. The van der Waals surface area contributed by atoms with Gasteiger partial charge in [-0.25, -0.2) is 5.43 Å². The van der Waals surface area contributed by atoms with Crippen molar-refractivity contribution in [3.8, 4) is 11.5 Å². The van der Waals surface area contributed by atoms with Gasteiger partial charge in [-0.2, -0.15) is 10.1 Å². The summed E-state index contributed by atoms with van der Waals surface area (Å²) in [7, 11) is 3.02. The highest BCUT2D eigenvalue weighted by molar-refractivity contribution is 6.45. The zero-order chi connectivity index (χ0) is 18.6. The summed E-state index contributed by atoms with van der Waals surface area (Å²) in [6, 6.07) is 5.24. The monoisotopic (exact) mass is 403 g/mol. The Labute approximate surface area is 158 Å². The Balaban J connectivity index is 2.23. The van der Waals surface area contributed by atoms with Gasteiger partial charge in [0.1, 0.15) is 10.0 Å². The van der Waals surface area contributed by atoms with Crippen LogP contribution in [0.5, 0.6) is 11.5 Å². The molecule has 0 aliphatic rings. The van der Waals surface area contributed by atoms with Crippen LogP contribution in [-0.2, 0) is 0 Å². The Hall–Kier alpha value is -2.22. The Morgan fingerprint density at radius 1 is 1.24 bits per heavy atom. The molecule has 0 atom stereocenters. The molecule has 1 aromatic carbocycles. The lowest BCUT2D eigenvalue weighted by molar-refractivity contribution is -0.379. The normalized spacial score (nSPS) is 10.8. The molecular weight excluding hydrogens is 391 g/mol. The predicted molar refractivity (Wildman–Crippen MR) is 97.0 cm³/mol. The number of hydrogen-bond donors (Lipinski definition) is 2. The molecule has 25 heavy (non-hydrogen) atoms. The van der Waals surface area contributed by atoms with Gasteiger partial charge in [0.15, 0.2) is 11.5 Å². The number of amides is 1. The zero-order valence-electron chi connectivity index (χ0n) is 13.2. The highest BCUT2D eigenvalue weighted by atomic mass is 35.5. The number of para-hydroxylation sites is 1. The number of nitrogens with one attached hydrogen (secondary N) is 2. The molecule has 0 spiro atoms. The number of carbonyl (C=O) groups is 1. The maximum atomic E-state index is 12.2. The average Bonchev–Trinajstić information content (AvgIpc) is 2.62. The van der Waals surface area contributed by atoms with Gasteiger partial charge >= 0.3 is 5.91 Å². The molecule has 1 aromatic heterocycles. The largest absolute Gasteiger partial charge is 0.493 e. The highest BCUT2D eigenvalue weighted by Gasteiger charge is 2.25. The molecule has 2 rings (SSSR count). The summed E-state index contributed by atoms with van der Waals surface area (Å²) in [5, 5.41) is 3.84. The van der Waals surface area contributed by atoms with Crippen LogP contribution in [-0.4, -0.2) is 26.3 Å². The van der Waals surface area contributed by atoms with Crippen LogP contribution in [0.4, 0.5) is 5.69 Å². The number of H-pyrrole nitrogens is 1. The van der Waals surface area contributed by atoms with Crippen molar-refractivity contribution < 1.29 is 19.3 Å². The highest BCUT2D eigenvalue weighted by Crippen LogP contribution is 2.32. The number of nitrogens with two attached hydrogens (primary N) is 1. The van der Waals surface area contributed by atoms with E-state index in [0.29, 0.717) is 17.1 Å². The van der Waals surface area contributed by atoms with Crippen molar-refractivity contribution in [1.29, 1.82) is 0 Å². The quantitative estimate of drug-likeness (QED) is 0.454. The second-order valence-corrected chi connectivity index (χ2v) is 5.77. The number of rotatable bonds is 5. The minimum atomic E-state index is -0.645. The number of hydrazone groups is 1. The molecule has 132 valence electrons. The molecule has 0 aliphatic carbocycles. The van der Waals surface area contributed by atoms with Gasteiger partial charge in [0, 0.05) is 5.56 Å². The van der Waals surface area contributed by atoms with Crippen molar-refractivity contribution in [1.82, 2.24) is 5.43 Å². The van der Waals surface area contributed by atoms with Crippen molar-refractivity contribution in [2.45, 2.75) is 0 Å². The molecule has 1 amide bonds. The van der Waals surface area contributed by atoms with Crippen LogP contribution >= 0.6 is 34.8 Å². The molecular formula is C15H14Cl3N4O3+. The van der Waals surface area contributed by atoms with Crippen LogP contribution in [0.3, 0.4) is 0 Å². The molecule has 0 bridgehead atoms. The van der Waals surface area contributed by atoms with E-state index in [1.54, 1.807) is 18.2 Å². The number of benzene rings is 1. The third kappa shape index (κ3) is 4.07. The van der Waals surface area contributed by atoms with Gasteiger partial charge < -0.3 is 15.2 Å². The van der Waals surface area contributed by atoms with Gasteiger partial charge in [0.25, 0.3) is 10.8 Å². The first kappa shape index (κ1) is 19.1. The first-order chi connectivity index (χ1) is 11.9. The summed E-state index contributed by atoms with van der Waals surface area (Å²) in [4.78, 5) is 14.8. The van der Waals surface area contributed by atoms with Crippen molar-refractivity contribution in [2.75, 3.05) is 20.0 Å². The van der Waals surface area contributed by atoms with Crippen LogP contribution in [0.2, 0.25) is 15.2 Å². The van der Waals surface area contributed by atoms with E-state index in [2.05, 4.69) is 15.5 Å². The maximum Gasteiger partial charge on any atom is 0.337 e. The molecule has 1 heterocycles. The van der Waals surface area contributed by atoms with Crippen molar-refractivity contribution in [3.05, 3.63) is 44.7 Å². The van der Waals surface area contributed by atoms with Crippen LogP contribution in [0.15, 0.2) is 23.3 Å². The van der Waals surface area contributed by atoms with Gasteiger partial charge in [-0.1, -0.05) is 29.3 Å². The van der Waals surface area contributed by atoms with E-state index in [9.17, 15) is 4.79 Å². The Morgan fingerprint density at radius 3 is 2.60 bits per heavy atom. The first-order valence-electron chi connectivity index (χ1n) is 6.80. The summed E-state index contributed by atoms with van der Waals surface area (Å²) in [6.45, 7) is 0. The number of hydrogen-bond acceptors (Lipinski definition) is 5. The van der Waals surface area contributed by atoms with Gasteiger partial charge in [0.2, 0.25) is 0 Å². The molecule has 7 nitrogen and oxygen atoms in total. The van der Waals surface area contributed by atoms with Crippen molar-refractivity contribution in [2.24, 2.45) is 5.10 Å². The minimum absolute atomic E-state index is 0.00400. The van der Waals surface area contributed by atoms with E-state index in [1.165, 1.54) is 20.4 Å². The fourth-order valence-electron chi connectivity index (χ4n) is 1.96. The van der Waals surface area contributed by atoms with Crippen LogP contribution in [0.1, 0.15) is 16.1 Å². The van der Waals surface area contributed by atoms with Crippen LogP contribution < -0.4 is 25.6 Å². The zero-order valence-corrected chi connectivity index (χ0v) is 15.5. The van der Waals surface area contributed by atoms with E-state index >= 15 is 0 Å². The number of aromatic amines is 1. The third-order valence-corrected chi connectivity index (χ3v) is 4.32. The molecule has 0 saturated carbocycles. The lowest BCUT2D eigenvalue weighted by Gasteiger charge is -2.09. The number of aromatic nitrogens is 1. The fraction of sp³-hybridized carbons (Fsp3) is 0.133. The number of carbonyl (C=O) groups excluding carboxylic acids is 1. The number of nitrogens with zero attached hydrogens (tertiary/aromatic N) is 1. The molecule has 0 radical (unpaired) electrons. The van der Waals surface area contributed by atoms with E-state index in [4.69, 9.17) is 50.0 Å². The van der Waals surface area contributed by atoms with Gasteiger partial charge in [-0.15, -0.1) is 0 Å². The number of pyridine rings is 1. The van der Waals surface area contributed by atoms with Gasteiger partial charge in [-0.3, -0.25) is 4.79 Å². The molecule has 0 aliphatic heterocycles. The average molecular weight is 405 g/mol. The van der Waals surface area contributed by atoms with Gasteiger partial charge in [-0.05, 0) is 23.7 Å². The maximum absolute atomic E-state index is 12.2. The number of halogens is 3. The fourth-order valence-corrected chi connectivity index (χ4v) is 2.57. The molecule has 10 heteroatoms. The smallest absolute Gasteiger partial charge is 0.337 e. The first-order valence-corrected chi connectivity index (χ1v) is 7.93. The second-order valence-electron chi connectivity index (χ2n) is 4.64. The summed E-state index contributed by atoms with van der Waals surface area (Å²) >= 11 is 17.7. The minimum Gasteiger partial charge on any atom is -0.493 e. The van der Waals surface area contributed by atoms with E-state index in [0.717, 1.165) is 0 Å². The Morgan fingerprint density at radius 2 is 1.96 bits per heavy atom. The summed E-state index contributed by atoms with van der Waals surface area (Å²) in [5.41, 5.74) is 8.54. The van der Waals surface area contributed by atoms with Gasteiger partial charge in [0.05, 0.1) is 26.1 Å². The standard InChI is InChI=1S/C15H13Cl3N4O3/c1-24-8-5-3-4-7(13(8)25-2)6-20-22-15(23)12-9(16)11(19)10(17)14(18)21-12/h3-6H,1-2H3,(H2,19,21)(H,22,23)/p+1/b20-6+. The van der Waals surface area contributed by atoms with Crippen LogP contribution in [0.25, 0.3) is 0 Å². The summed E-state index contributed by atoms with van der Waals surface area (Å²) in [6.07, 6.45) is 1.40. The lowest BCUT2D eigenvalue weighted by Crippen LogP contribution is -2.28. The van der Waals surface area contributed by atoms with Crippen LogP contribution in [0, 0.1) is 0 Å². The lowest BCUT2D eigenvalue weighted by atomic mass is 10.2. The van der Waals surface area contributed by atoms with E-state index < -0.39 is 5.91 Å². The Bertz CT molecular complexity index is 843. The SMILES string of the molecule is COc1cccc(/C=N/NC(=O)c2[nH+]c(Cl)c(Cl)c(N)c2Cl)c1OC. The number of nitrogen functional groups attached to an aromatic ring is 1. The van der Waals surface area contributed by atoms with E-state index in [1.807, 2.05) is 0 Å². The molecule has 0 saturated heterocycles. The topological polar surface area (TPSA) is 100 Å².